The van der Waals surface area contributed by atoms with Crippen molar-refractivity contribution in [3.8, 4) is 0 Å². The number of nitrogens with zero attached hydrogens (tertiary/aromatic N) is 1. The van der Waals surface area contributed by atoms with Gasteiger partial charge in [0, 0.05) is 11.5 Å². The largest absolute Gasteiger partial charge is 0.270 e. The Morgan fingerprint density at radius 2 is 1.07 bits per heavy atom. The summed E-state index contributed by atoms with van der Waals surface area (Å²) in [6, 6.07) is 25.6. The Balaban J connectivity index is 1.36. The second-order valence-corrected chi connectivity index (χ2v) is 7.52. The molecule has 3 aromatic rings. The Kier molecular flexibility index (Phi) is 5.07. The Morgan fingerprint density at radius 3 is 1.67 bits per heavy atom. The highest BCUT2D eigenvalue weighted by molar-refractivity contribution is 7.97. The second kappa shape index (κ2) is 7.80. The van der Waals surface area contributed by atoms with Crippen LogP contribution in [0.15, 0.2) is 78.9 Å². The molecule has 134 valence electrons. The van der Waals surface area contributed by atoms with Gasteiger partial charge in [0.2, 0.25) is 0 Å². The molecule has 27 heavy (non-hydrogen) atoms. The van der Waals surface area contributed by atoms with Gasteiger partial charge in [-0.25, -0.2) is 0 Å². The molecule has 4 heteroatoms. The molecule has 0 unspecified atom stereocenters. The van der Waals surface area contributed by atoms with Crippen molar-refractivity contribution in [2.24, 2.45) is 0 Å². The highest BCUT2D eigenvalue weighted by Gasteiger charge is 2.34. The SMILES string of the molecule is O=C1c2ccccc2C(=O)N1Cc1ccc(CSCc2ccccc2)cc1. The highest BCUT2D eigenvalue weighted by Crippen LogP contribution is 2.25. The lowest BCUT2D eigenvalue weighted by Crippen LogP contribution is -2.29. The summed E-state index contributed by atoms with van der Waals surface area (Å²) in [5.74, 6) is 1.50. The maximum Gasteiger partial charge on any atom is 0.261 e. The maximum atomic E-state index is 12.5. The minimum Gasteiger partial charge on any atom is -0.270 e. The Labute approximate surface area is 163 Å². The second-order valence-electron chi connectivity index (χ2n) is 6.54. The van der Waals surface area contributed by atoms with Crippen LogP contribution in [0.25, 0.3) is 0 Å². The summed E-state index contributed by atoms with van der Waals surface area (Å²) >= 11 is 1.87. The van der Waals surface area contributed by atoms with E-state index in [1.807, 2.05) is 30.0 Å². The lowest BCUT2D eigenvalue weighted by atomic mass is 10.1. The highest BCUT2D eigenvalue weighted by atomic mass is 32.2. The molecule has 0 aliphatic carbocycles. The van der Waals surface area contributed by atoms with Gasteiger partial charge >= 0.3 is 0 Å². The molecule has 3 aromatic carbocycles. The van der Waals surface area contributed by atoms with Crippen molar-refractivity contribution in [3.63, 3.8) is 0 Å². The third-order valence-corrected chi connectivity index (χ3v) is 5.70. The van der Waals surface area contributed by atoms with Gasteiger partial charge in [-0.1, -0.05) is 66.7 Å². The van der Waals surface area contributed by atoms with E-state index in [0.717, 1.165) is 17.1 Å². The molecule has 0 bridgehead atoms. The quantitative estimate of drug-likeness (QED) is 0.576. The van der Waals surface area contributed by atoms with E-state index in [1.165, 1.54) is 16.0 Å². The number of imide groups is 1. The van der Waals surface area contributed by atoms with E-state index in [9.17, 15) is 9.59 Å². The topological polar surface area (TPSA) is 37.4 Å². The molecular weight excluding hydrogens is 354 g/mol. The van der Waals surface area contributed by atoms with Gasteiger partial charge in [0.15, 0.2) is 0 Å². The van der Waals surface area contributed by atoms with Crippen LogP contribution >= 0.6 is 11.8 Å². The average molecular weight is 373 g/mol. The Hall–Kier alpha value is -2.85. The van der Waals surface area contributed by atoms with Crippen LogP contribution in [-0.4, -0.2) is 16.7 Å². The fourth-order valence-electron chi connectivity index (χ4n) is 3.17. The van der Waals surface area contributed by atoms with Crippen molar-refractivity contribution in [2.75, 3.05) is 0 Å². The molecule has 0 fully saturated rings. The molecule has 0 spiro atoms. The molecule has 1 aliphatic rings. The summed E-state index contributed by atoms with van der Waals surface area (Å²) in [7, 11) is 0. The van der Waals surface area contributed by atoms with Crippen LogP contribution in [-0.2, 0) is 18.1 Å². The predicted octanol–water partition coefficient (Wildman–Crippen LogP) is 4.92. The van der Waals surface area contributed by atoms with E-state index in [0.29, 0.717) is 17.7 Å². The van der Waals surface area contributed by atoms with Crippen LogP contribution in [0.5, 0.6) is 0 Å². The van der Waals surface area contributed by atoms with Crippen molar-refractivity contribution in [1.29, 1.82) is 0 Å². The van der Waals surface area contributed by atoms with Crippen molar-refractivity contribution < 1.29 is 9.59 Å². The van der Waals surface area contributed by atoms with E-state index in [-0.39, 0.29) is 11.8 Å². The molecule has 4 rings (SSSR count). The number of rotatable bonds is 6. The summed E-state index contributed by atoms with van der Waals surface area (Å²) in [5, 5.41) is 0. The lowest BCUT2D eigenvalue weighted by Gasteiger charge is -2.14. The zero-order valence-corrected chi connectivity index (χ0v) is 15.6. The first kappa shape index (κ1) is 17.6. The van der Waals surface area contributed by atoms with Crippen molar-refractivity contribution >= 4 is 23.6 Å². The van der Waals surface area contributed by atoms with E-state index in [2.05, 4.69) is 36.4 Å². The molecule has 0 radical (unpaired) electrons. The number of benzene rings is 3. The van der Waals surface area contributed by atoms with Crippen LogP contribution < -0.4 is 0 Å². The number of hydrogen-bond acceptors (Lipinski definition) is 3. The van der Waals surface area contributed by atoms with Crippen LogP contribution in [0.4, 0.5) is 0 Å². The maximum absolute atomic E-state index is 12.5. The minimum absolute atomic E-state index is 0.210. The molecule has 0 saturated carbocycles. The van der Waals surface area contributed by atoms with Gasteiger partial charge < -0.3 is 0 Å². The molecule has 0 atom stereocenters. The summed E-state index contributed by atoms with van der Waals surface area (Å²) in [5.41, 5.74) is 4.51. The lowest BCUT2D eigenvalue weighted by molar-refractivity contribution is 0.0642. The number of carbonyl (C=O) groups is 2. The first-order valence-electron chi connectivity index (χ1n) is 8.87. The molecule has 0 aromatic heterocycles. The van der Waals surface area contributed by atoms with Gasteiger partial charge in [0.1, 0.15) is 0 Å². The molecule has 2 amide bonds. The first-order chi connectivity index (χ1) is 13.2. The normalized spacial score (nSPS) is 13.1. The van der Waals surface area contributed by atoms with Crippen molar-refractivity contribution in [3.05, 3.63) is 107 Å². The number of carbonyl (C=O) groups excluding carboxylic acids is 2. The number of thioether (sulfide) groups is 1. The van der Waals surface area contributed by atoms with Gasteiger partial charge in [0.05, 0.1) is 17.7 Å². The number of fused-ring (bicyclic) bond motifs is 1. The molecule has 1 aliphatic heterocycles. The minimum atomic E-state index is -0.210. The number of hydrogen-bond donors (Lipinski definition) is 0. The number of amides is 2. The van der Waals surface area contributed by atoms with Crippen molar-refractivity contribution in [1.82, 2.24) is 4.90 Å². The average Bonchev–Trinajstić information content (AvgIpc) is 2.95. The Morgan fingerprint density at radius 1 is 0.593 bits per heavy atom. The van der Waals surface area contributed by atoms with E-state index in [4.69, 9.17) is 0 Å². The fraction of sp³-hybridized carbons (Fsp3) is 0.130. The zero-order valence-electron chi connectivity index (χ0n) is 14.8. The summed E-state index contributed by atoms with van der Waals surface area (Å²) in [6.07, 6.45) is 0. The van der Waals surface area contributed by atoms with E-state index < -0.39 is 0 Å². The van der Waals surface area contributed by atoms with Crippen LogP contribution in [0.1, 0.15) is 37.4 Å². The molecule has 0 saturated heterocycles. The third kappa shape index (κ3) is 3.81. The van der Waals surface area contributed by atoms with Crippen LogP contribution in [0.2, 0.25) is 0 Å². The first-order valence-corrected chi connectivity index (χ1v) is 10.0. The summed E-state index contributed by atoms with van der Waals surface area (Å²) < 4.78 is 0. The standard InChI is InChI=1S/C23H19NO2S/c25-22-20-8-4-5-9-21(20)23(26)24(22)14-17-10-12-19(13-11-17)16-27-15-18-6-2-1-3-7-18/h1-13H,14-16H2. The third-order valence-electron chi connectivity index (χ3n) is 4.62. The van der Waals surface area contributed by atoms with E-state index in [1.54, 1.807) is 24.3 Å². The van der Waals surface area contributed by atoms with Gasteiger partial charge in [-0.15, -0.1) is 0 Å². The fourth-order valence-corrected chi connectivity index (χ4v) is 4.13. The Bertz CT molecular complexity index is 932. The van der Waals surface area contributed by atoms with Gasteiger partial charge in [-0.2, -0.15) is 11.8 Å². The molecule has 3 nitrogen and oxygen atoms in total. The zero-order chi connectivity index (χ0) is 18.6. The van der Waals surface area contributed by atoms with Gasteiger partial charge in [-0.3, -0.25) is 14.5 Å². The van der Waals surface area contributed by atoms with Crippen LogP contribution in [0, 0.1) is 0 Å². The van der Waals surface area contributed by atoms with Gasteiger partial charge in [0.25, 0.3) is 11.8 Å². The molecular formula is C23H19NO2S. The predicted molar refractivity (Wildman–Crippen MR) is 109 cm³/mol. The van der Waals surface area contributed by atoms with Crippen LogP contribution in [0.3, 0.4) is 0 Å². The monoisotopic (exact) mass is 373 g/mol. The smallest absolute Gasteiger partial charge is 0.261 e. The molecule has 0 N–H and O–H groups in total. The summed E-state index contributed by atoms with van der Waals surface area (Å²) in [4.78, 5) is 26.2. The molecule has 1 heterocycles. The van der Waals surface area contributed by atoms with Crippen molar-refractivity contribution in [2.45, 2.75) is 18.1 Å². The summed E-state index contributed by atoms with van der Waals surface area (Å²) in [6.45, 7) is 0.309. The van der Waals surface area contributed by atoms with Gasteiger partial charge in [-0.05, 0) is 28.8 Å². The van der Waals surface area contributed by atoms with E-state index >= 15 is 0 Å².